The molecule has 2 aromatic carbocycles. The van der Waals surface area contributed by atoms with E-state index in [0.717, 1.165) is 30.4 Å². The van der Waals surface area contributed by atoms with Crippen molar-refractivity contribution in [1.82, 2.24) is 20.1 Å². The van der Waals surface area contributed by atoms with Gasteiger partial charge in [0.15, 0.2) is 0 Å². The van der Waals surface area contributed by atoms with E-state index >= 15 is 0 Å². The van der Waals surface area contributed by atoms with Gasteiger partial charge in [0.25, 0.3) is 0 Å². The summed E-state index contributed by atoms with van der Waals surface area (Å²) in [5.41, 5.74) is 4.98. The fourth-order valence-corrected chi connectivity index (χ4v) is 3.95. The molecule has 0 amide bonds. The maximum absolute atomic E-state index is 5.81. The van der Waals surface area contributed by atoms with Crippen molar-refractivity contribution in [3.8, 4) is 0 Å². The summed E-state index contributed by atoms with van der Waals surface area (Å²) >= 11 is 0. The molecule has 0 saturated carbocycles. The number of nitrogens with zero attached hydrogens (tertiary/aromatic N) is 4. The van der Waals surface area contributed by atoms with Gasteiger partial charge in [-0.15, -0.1) is 10.2 Å². The lowest BCUT2D eigenvalue weighted by atomic mass is 9.93. The van der Waals surface area contributed by atoms with Gasteiger partial charge in [0.2, 0.25) is 11.8 Å². The Kier molecular flexibility index (Phi) is 3.94. The molecular weight excluding hydrogens is 336 g/mol. The van der Waals surface area contributed by atoms with Crippen molar-refractivity contribution in [3.63, 3.8) is 0 Å². The summed E-state index contributed by atoms with van der Waals surface area (Å²) in [6, 6.07) is 19.1. The van der Waals surface area contributed by atoms with Gasteiger partial charge in [0.05, 0.1) is 11.6 Å². The molecule has 5 heteroatoms. The van der Waals surface area contributed by atoms with Gasteiger partial charge in [0, 0.05) is 31.6 Å². The van der Waals surface area contributed by atoms with Crippen LogP contribution < -0.4 is 0 Å². The summed E-state index contributed by atoms with van der Waals surface area (Å²) in [6.45, 7) is 3.48. The van der Waals surface area contributed by atoms with E-state index in [-0.39, 0.29) is 6.04 Å². The molecule has 134 valence electrons. The first-order valence-corrected chi connectivity index (χ1v) is 9.21. The van der Waals surface area contributed by atoms with Crippen LogP contribution in [0.3, 0.4) is 0 Å². The van der Waals surface area contributed by atoms with Gasteiger partial charge < -0.3 is 4.42 Å². The standard InChI is InChI=1S/C22H20N4O/c1-15-24-25-22(27-15)20-12-17-6-2-3-7-18(17)13-26(20)14-19-9-4-8-16-10-5-11-23-21(16)19/h2-11,20H,12-14H2,1H3. The second kappa shape index (κ2) is 6.59. The molecule has 4 aromatic rings. The molecule has 0 radical (unpaired) electrons. The van der Waals surface area contributed by atoms with Crippen molar-refractivity contribution in [2.24, 2.45) is 0 Å². The predicted octanol–water partition coefficient (Wildman–Crippen LogP) is 4.23. The molecule has 0 fully saturated rings. The quantitative estimate of drug-likeness (QED) is 0.550. The van der Waals surface area contributed by atoms with E-state index in [9.17, 15) is 0 Å². The van der Waals surface area contributed by atoms with Crippen LogP contribution in [0.4, 0.5) is 0 Å². The Morgan fingerprint density at radius 1 is 1.00 bits per heavy atom. The number of benzene rings is 2. The lowest BCUT2D eigenvalue weighted by Crippen LogP contribution is -2.34. The van der Waals surface area contributed by atoms with Gasteiger partial charge in [-0.05, 0) is 29.2 Å². The number of fused-ring (bicyclic) bond motifs is 2. The van der Waals surface area contributed by atoms with Gasteiger partial charge in [-0.1, -0.05) is 48.5 Å². The molecule has 3 heterocycles. The van der Waals surface area contributed by atoms with Crippen LogP contribution in [-0.4, -0.2) is 20.1 Å². The topological polar surface area (TPSA) is 55.1 Å². The van der Waals surface area contributed by atoms with E-state index < -0.39 is 0 Å². The number of hydrogen-bond acceptors (Lipinski definition) is 5. The second-order valence-electron chi connectivity index (χ2n) is 7.05. The molecule has 5 rings (SSSR count). The lowest BCUT2D eigenvalue weighted by Gasteiger charge is -2.35. The van der Waals surface area contributed by atoms with Crippen molar-refractivity contribution < 1.29 is 4.42 Å². The average Bonchev–Trinajstić information content (AvgIpc) is 3.14. The summed E-state index contributed by atoms with van der Waals surface area (Å²) in [7, 11) is 0. The molecule has 0 N–H and O–H groups in total. The van der Waals surface area contributed by atoms with Crippen LogP contribution in [0.15, 0.2) is 65.2 Å². The molecule has 0 spiro atoms. The first kappa shape index (κ1) is 16.1. The molecule has 1 aliphatic rings. The zero-order valence-corrected chi connectivity index (χ0v) is 15.2. The SMILES string of the molecule is Cc1nnc(C2Cc3ccccc3CN2Cc2cccc3cccnc23)o1. The van der Waals surface area contributed by atoms with E-state index in [2.05, 4.69) is 68.6 Å². The highest BCUT2D eigenvalue weighted by atomic mass is 16.4. The van der Waals surface area contributed by atoms with Crippen molar-refractivity contribution in [3.05, 3.63) is 89.3 Å². The Morgan fingerprint density at radius 3 is 2.70 bits per heavy atom. The highest BCUT2D eigenvalue weighted by Gasteiger charge is 2.31. The fraction of sp³-hybridized carbons (Fsp3) is 0.227. The molecular formula is C22H20N4O. The van der Waals surface area contributed by atoms with E-state index in [1.807, 2.05) is 19.2 Å². The van der Waals surface area contributed by atoms with Crippen molar-refractivity contribution in [2.45, 2.75) is 32.5 Å². The number of hydrogen-bond donors (Lipinski definition) is 0. The van der Waals surface area contributed by atoms with E-state index in [0.29, 0.717) is 11.8 Å². The number of rotatable bonds is 3. The highest BCUT2D eigenvalue weighted by Crippen LogP contribution is 2.34. The maximum Gasteiger partial charge on any atom is 0.233 e. The van der Waals surface area contributed by atoms with Crippen LogP contribution in [0, 0.1) is 6.92 Å². The summed E-state index contributed by atoms with van der Waals surface area (Å²) in [4.78, 5) is 7.03. The van der Waals surface area contributed by atoms with Crippen LogP contribution in [0.1, 0.15) is 34.5 Å². The lowest BCUT2D eigenvalue weighted by molar-refractivity contribution is 0.138. The largest absolute Gasteiger partial charge is 0.424 e. The first-order chi connectivity index (χ1) is 13.3. The van der Waals surface area contributed by atoms with E-state index in [4.69, 9.17) is 4.42 Å². The zero-order chi connectivity index (χ0) is 18.2. The fourth-order valence-electron chi connectivity index (χ4n) is 3.95. The third-order valence-corrected chi connectivity index (χ3v) is 5.26. The number of para-hydroxylation sites is 1. The minimum Gasteiger partial charge on any atom is -0.424 e. The summed E-state index contributed by atoms with van der Waals surface area (Å²) in [5, 5.41) is 9.54. The summed E-state index contributed by atoms with van der Waals surface area (Å²) in [5.74, 6) is 1.30. The van der Waals surface area contributed by atoms with Gasteiger partial charge in [-0.2, -0.15) is 0 Å². The Morgan fingerprint density at radius 2 is 1.85 bits per heavy atom. The van der Waals surface area contributed by atoms with Crippen molar-refractivity contribution >= 4 is 10.9 Å². The second-order valence-corrected chi connectivity index (χ2v) is 7.05. The molecule has 5 nitrogen and oxygen atoms in total. The predicted molar refractivity (Wildman–Crippen MR) is 103 cm³/mol. The molecule has 1 atom stereocenters. The molecule has 1 unspecified atom stereocenters. The monoisotopic (exact) mass is 356 g/mol. The zero-order valence-electron chi connectivity index (χ0n) is 15.2. The van der Waals surface area contributed by atoms with Crippen molar-refractivity contribution in [1.29, 1.82) is 0 Å². The highest BCUT2D eigenvalue weighted by molar-refractivity contribution is 5.81. The maximum atomic E-state index is 5.81. The van der Waals surface area contributed by atoms with Crippen LogP contribution >= 0.6 is 0 Å². The molecule has 1 aliphatic heterocycles. The summed E-state index contributed by atoms with van der Waals surface area (Å²) < 4.78 is 5.81. The smallest absolute Gasteiger partial charge is 0.233 e. The minimum absolute atomic E-state index is 0.0695. The Hall–Kier alpha value is -3.05. The third kappa shape index (κ3) is 3.00. The van der Waals surface area contributed by atoms with Crippen LogP contribution in [-0.2, 0) is 19.5 Å². The van der Waals surface area contributed by atoms with E-state index in [1.165, 1.54) is 16.7 Å². The molecule has 2 aromatic heterocycles. The molecule has 0 bridgehead atoms. The molecule has 0 aliphatic carbocycles. The van der Waals surface area contributed by atoms with Crippen molar-refractivity contribution in [2.75, 3.05) is 0 Å². The van der Waals surface area contributed by atoms with Gasteiger partial charge in [0.1, 0.15) is 0 Å². The number of aryl methyl sites for hydroxylation is 1. The van der Waals surface area contributed by atoms with E-state index in [1.54, 1.807) is 0 Å². The average molecular weight is 356 g/mol. The normalized spacial score (nSPS) is 17.1. The van der Waals surface area contributed by atoms with Crippen LogP contribution in [0.25, 0.3) is 10.9 Å². The Bertz CT molecular complexity index is 1100. The number of pyridine rings is 1. The Labute approximate surface area is 157 Å². The third-order valence-electron chi connectivity index (χ3n) is 5.26. The van der Waals surface area contributed by atoms with Crippen LogP contribution in [0.2, 0.25) is 0 Å². The molecule has 27 heavy (non-hydrogen) atoms. The number of aromatic nitrogens is 3. The Balaban J connectivity index is 1.55. The van der Waals surface area contributed by atoms with Gasteiger partial charge in [-0.25, -0.2) is 0 Å². The molecule has 0 saturated heterocycles. The van der Waals surface area contributed by atoms with Crippen LogP contribution in [0.5, 0.6) is 0 Å². The van der Waals surface area contributed by atoms with Gasteiger partial charge in [-0.3, -0.25) is 9.88 Å². The minimum atomic E-state index is 0.0695. The first-order valence-electron chi connectivity index (χ1n) is 9.21. The van der Waals surface area contributed by atoms with Gasteiger partial charge >= 0.3 is 0 Å². The summed E-state index contributed by atoms with van der Waals surface area (Å²) in [6.07, 6.45) is 2.73.